The van der Waals surface area contributed by atoms with E-state index in [1.165, 1.54) is 140 Å². The summed E-state index contributed by atoms with van der Waals surface area (Å²) in [5.41, 5.74) is 6.89. The van der Waals surface area contributed by atoms with Crippen LogP contribution in [0.5, 0.6) is 0 Å². The van der Waals surface area contributed by atoms with E-state index < -0.39 is 0 Å². The van der Waals surface area contributed by atoms with Crippen LogP contribution in [0.1, 0.15) is 326 Å². The normalized spacial score (nSPS) is 16.4. The molecule has 0 N–H and O–H groups in total. The monoisotopic (exact) mass is 975 g/mol. The summed E-state index contributed by atoms with van der Waals surface area (Å²) in [6.45, 7) is 61.7. The Balaban J connectivity index is -0.000000741. The third kappa shape index (κ3) is 39.0. The highest BCUT2D eigenvalue weighted by molar-refractivity contribution is 5.23. The molecule has 0 bridgehead atoms. The van der Waals surface area contributed by atoms with Crippen LogP contribution < -0.4 is 0 Å². The summed E-state index contributed by atoms with van der Waals surface area (Å²) in [5, 5.41) is 0. The zero-order valence-corrected chi connectivity index (χ0v) is 53.6. The Labute approximate surface area is 446 Å². The smallest absolute Gasteiger partial charge is 0.0106 e. The van der Waals surface area contributed by atoms with Crippen LogP contribution in [0.2, 0.25) is 0 Å². The molecule has 0 spiro atoms. The molecule has 2 aromatic rings. The zero-order chi connectivity index (χ0) is 55.1. The van der Waals surface area contributed by atoms with Gasteiger partial charge in [0.15, 0.2) is 0 Å². The Morgan fingerprint density at radius 2 is 0.600 bits per heavy atom. The number of hydrogen-bond donors (Lipinski definition) is 0. The highest BCUT2D eigenvalue weighted by Gasteiger charge is 2.29. The number of rotatable bonds is 7. The molecule has 70 heavy (non-hydrogen) atoms. The van der Waals surface area contributed by atoms with E-state index in [9.17, 15) is 0 Å². The first-order valence-electron chi connectivity index (χ1n) is 30.0. The van der Waals surface area contributed by atoms with Crippen molar-refractivity contribution in [3.05, 3.63) is 71.8 Å². The van der Waals surface area contributed by atoms with Gasteiger partial charge in [0.05, 0.1) is 0 Å². The minimum absolute atomic E-state index is 0.293. The van der Waals surface area contributed by atoms with Gasteiger partial charge in [-0.3, -0.25) is 0 Å². The standard InChI is InChI=1S/C11H22.C11H16.C10H20.C10H14.C9H18.C8H18.C6H14.C5H12/c2*1-4-11(2,3)10-8-6-5-7-9-10;2*1-10(2,3)9-7-5-4-6-8-9;1-9(2,3)8-6-4-5-7-8;1-5-8(4,6-2)7-3;1-5-6(2,3)4;1-5(2,3)4/h10H,4-9H2,1-3H3;5-9H,4H2,1-3H3;9H,4-8H2,1-3H3;4-8H,1-3H3;8H,4-7H2,1-3H3;5-7H2,1-4H3;5H2,1-4H3;1-4H3. The van der Waals surface area contributed by atoms with E-state index in [-0.39, 0.29) is 0 Å². The van der Waals surface area contributed by atoms with E-state index in [1.54, 1.807) is 0 Å². The summed E-state index contributed by atoms with van der Waals surface area (Å²) in [7, 11) is 0. The van der Waals surface area contributed by atoms with Crippen LogP contribution in [0.3, 0.4) is 0 Å². The molecule has 0 nitrogen and oxygen atoms in total. The third-order valence-corrected chi connectivity index (χ3v) is 16.7. The fourth-order valence-corrected chi connectivity index (χ4v) is 8.71. The van der Waals surface area contributed by atoms with Crippen LogP contribution in [0.15, 0.2) is 60.7 Å². The molecule has 0 aromatic heterocycles. The Morgan fingerprint density at radius 1 is 0.329 bits per heavy atom. The molecule has 5 rings (SSSR count). The van der Waals surface area contributed by atoms with Gasteiger partial charge in [-0.05, 0) is 117 Å². The molecule has 0 atom stereocenters. The van der Waals surface area contributed by atoms with E-state index in [2.05, 4.69) is 248 Å². The molecular formula is C70H134. The highest BCUT2D eigenvalue weighted by Crippen LogP contribution is 2.41. The second kappa shape index (κ2) is 35.6. The van der Waals surface area contributed by atoms with Gasteiger partial charge >= 0.3 is 0 Å². The summed E-state index contributed by atoms with van der Waals surface area (Å²) in [5.74, 6) is 3.03. The number of benzene rings is 2. The fraction of sp³-hybridized carbons (Fsp3) is 0.829. The Morgan fingerprint density at radius 3 is 0.786 bits per heavy atom. The van der Waals surface area contributed by atoms with Gasteiger partial charge in [0.25, 0.3) is 0 Å². The maximum atomic E-state index is 2.43. The van der Waals surface area contributed by atoms with Crippen molar-refractivity contribution in [2.75, 3.05) is 0 Å². The second-order valence-corrected chi connectivity index (χ2v) is 29.7. The van der Waals surface area contributed by atoms with E-state index in [0.29, 0.717) is 43.3 Å². The lowest BCUT2D eigenvalue weighted by Crippen LogP contribution is -2.25. The zero-order valence-electron chi connectivity index (χ0n) is 53.6. The summed E-state index contributed by atoms with van der Waals surface area (Å²) in [4.78, 5) is 0. The van der Waals surface area contributed by atoms with Crippen molar-refractivity contribution in [3.63, 3.8) is 0 Å². The van der Waals surface area contributed by atoms with Crippen LogP contribution in [-0.2, 0) is 10.8 Å². The van der Waals surface area contributed by atoms with Crippen molar-refractivity contribution in [2.24, 2.45) is 50.2 Å². The van der Waals surface area contributed by atoms with Gasteiger partial charge in [-0.2, -0.15) is 0 Å². The molecule has 0 heteroatoms. The van der Waals surface area contributed by atoms with Gasteiger partial charge in [-0.15, -0.1) is 0 Å². The first kappa shape index (κ1) is 72.7. The molecule has 0 saturated heterocycles. The topological polar surface area (TPSA) is 0 Å². The maximum Gasteiger partial charge on any atom is -0.0106 e. The minimum Gasteiger partial charge on any atom is -0.0649 e. The fourth-order valence-electron chi connectivity index (χ4n) is 8.71. The lowest BCUT2D eigenvalue weighted by molar-refractivity contribution is 0.152. The quantitative estimate of drug-likeness (QED) is 0.259. The van der Waals surface area contributed by atoms with Gasteiger partial charge < -0.3 is 0 Å². The van der Waals surface area contributed by atoms with Gasteiger partial charge in [0.2, 0.25) is 0 Å². The summed E-state index contributed by atoms with van der Waals surface area (Å²) < 4.78 is 0. The molecule has 414 valence electrons. The third-order valence-electron chi connectivity index (χ3n) is 16.7. The predicted octanol–water partition coefficient (Wildman–Crippen LogP) is 24.9. The highest BCUT2D eigenvalue weighted by atomic mass is 14.3. The molecule has 0 radical (unpaired) electrons. The largest absolute Gasteiger partial charge is 0.0649 e. The molecule has 0 unspecified atom stereocenters. The van der Waals surface area contributed by atoms with Crippen LogP contribution in [0, 0.1) is 50.2 Å². The van der Waals surface area contributed by atoms with Crippen molar-refractivity contribution in [2.45, 2.75) is 326 Å². The molecule has 3 fully saturated rings. The van der Waals surface area contributed by atoms with Crippen molar-refractivity contribution >= 4 is 0 Å². The predicted molar refractivity (Wildman–Crippen MR) is 327 cm³/mol. The van der Waals surface area contributed by atoms with Crippen molar-refractivity contribution in [1.82, 2.24) is 0 Å². The molecule has 0 heterocycles. The number of hydrogen-bond acceptors (Lipinski definition) is 0. The van der Waals surface area contributed by atoms with Crippen molar-refractivity contribution < 1.29 is 0 Å². The summed E-state index contributed by atoms with van der Waals surface area (Å²) in [6.07, 6.45) is 28.5. The molecule has 3 aliphatic carbocycles. The first-order chi connectivity index (χ1) is 31.9. The van der Waals surface area contributed by atoms with Gasteiger partial charge in [-0.25, -0.2) is 0 Å². The lowest BCUT2D eigenvalue weighted by atomic mass is 9.70. The molecule has 2 aromatic carbocycles. The van der Waals surface area contributed by atoms with Crippen molar-refractivity contribution in [3.8, 4) is 0 Å². The summed E-state index contributed by atoms with van der Waals surface area (Å²) in [6, 6.07) is 21.2. The minimum atomic E-state index is 0.293. The van der Waals surface area contributed by atoms with Gasteiger partial charge in [-0.1, -0.05) is 331 Å². The van der Waals surface area contributed by atoms with Gasteiger partial charge in [0, 0.05) is 0 Å². The summed E-state index contributed by atoms with van der Waals surface area (Å²) >= 11 is 0. The molecule has 0 aliphatic heterocycles. The Hall–Kier alpha value is -1.56. The van der Waals surface area contributed by atoms with Crippen LogP contribution in [-0.4, -0.2) is 0 Å². The SMILES string of the molecule is CC(C)(C)C.CC(C)(C)C1CCCC1.CC(C)(C)C1CCCCC1.CC(C)(C)c1ccccc1.CCC(C)(C)C.CCC(C)(C)C1CCCCC1.CCC(C)(C)c1ccccc1.CCC(C)(CC)CC. The second-order valence-electron chi connectivity index (χ2n) is 29.7. The van der Waals surface area contributed by atoms with Crippen LogP contribution in [0.25, 0.3) is 0 Å². The molecule has 0 amide bonds. The lowest BCUT2D eigenvalue weighted by Gasteiger charge is -2.36. The van der Waals surface area contributed by atoms with Crippen LogP contribution in [0.4, 0.5) is 0 Å². The molecular weight excluding hydrogens is 841 g/mol. The van der Waals surface area contributed by atoms with Gasteiger partial charge in [0.1, 0.15) is 0 Å². The van der Waals surface area contributed by atoms with E-state index in [4.69, 9.17) is 0 Å². The Kier molecular flexibility index (Phi) is 37.0. The maximum absolute atomic E-state index is 2.43. The molecule has 3 aliphatic rings. The average molecular weight is 976 g/mol. The van der Waals surface area contributed by atoms with E-state index >= 15 is 0 Å². The van der Waals surface area contributed by atoms with E-state index in [0.717, 1.165) is 17.8 Å². The van der Waals surface area contributed by atoms with Crippen molar-refractivity contribution in [1.29, 1.82) is 0 Å². The Bertz CT molecular complexity index is 1420. The average Bonchev–Trinajstić information content (AvgIpc) is 3.87. The van der Waals surface area contributed by atoms with Crippen LogP contribution >= 0.6 is 0 Å². The van der Waals surface area contributed by atoms with E-state index in [1.807, 2.05) is 0 Å². The first-order valence-corrected chi connectivity index (χ1v) is 30.0. The molecule has 3 saturated carbocycles.